The van der Waals surface area contributed by atoms with Crippen molar-refractivity contribution in [3.63, 3.8) is 0 Å². The Morgan fingerprint density at radius 1 is 1.08 bits per heavy atom. The number of morpholine rings is 1. The molecule has 1 aliphatic rings. The summed E-state index contributed by atoms with van der Waals surface area (Å²) in [5, 5.41) is 13.6. The number of carbonyl (C=O) groups excluding carboxylic acids is 2. The summed E-state index contributed by atoms with van der Waals surface area (Å²) in [6, 6.07) is 11.9. The number of fused-ring (bicyclic) bond motifs is 1. The normalized spacial score (nSPS) is 18.2. The zero-order valence-corrected chi connectivity index (χ0v) is 20.6. The monoisotopic (exact) mass is 514 g/mol. The maximum Gasteiger partial charge on any atom is 0.269 e. The Balaban J connectivity index is 1.54. The lowest BCUT2D eigenvalue weighted by Gasteiger charge is -2.35. The molecule has 36 heavy (non-hydrogen) atoms. The number of nitro benzene ring substituents is 1. The van der Waals surface area contributed by atoms with Gasteiger partial charge in [0.25, 0.3) is 5.69 Å². The molecule has 2 atom stereocenters. The molecular formula is C24H26N4O7S. The van der Waals surface area contributed by atoms with E-state index in [0.717, 1.165) is 0 Å². The molecule has 3 aromatic rings. The smallest absolute Gasteiger partial charge is 0.269 e. The van der Waals surface area contributed by atoms with Crippen LogP contribution in [0.3, 0.4) is 0 Å². The Labute approximate surface area is 207 Å². The standard InChI is InChI=1S/C24H26N4O7S/c1-16-11-27(12-17(2)35-16)24(30)14-26-13-22(20-5-3-4-6-21(20)26)36(33,34)15-23(29)25-18-7-9-19(10-8-18)28(31)32/h3-10,13,16-17H,11-12,14-15H2,1-2H3,(H,25,29). The Hall–Kier alpha value is -3.77. The van der Waals surface area contributed by atoms with Crippen LogP contribution in [0.4, 0.5) is 11.4 Å². The highest BCUT2D eigenvalue weighted by Crippen LogP contribution is 2.27. The lowest BCUT2D eigenvalue weighted by atomic mass is 10.2. The molecule has 2 heterocycles. The first kappa shape index (κ1) is 25.3. The number of hydrogen-bond donors (Lipinski definition) is 1. The number of hydrogen-bond acceptors (Lipinski definition) is 7. The van der Waals surface area contributed by atoms with E-state index in [9.17, 15) is 28.1 Å². The van der Waals surface area contributed by atoms with Gasteiger partial charge in [0.05, 0.1) is 22.0 Å². The number of rotatable bonds is 7. The van der Waals surface area contributed by atoms with Gasteiger partial charge in [0.2, 0.25) is 11.8 Å². The van der Waals surface area contributed by atoms with E-state index in [1.165, 1.54) is 30.5 Å². The highest BCUT2D eigenvalue weighted by Gasteiger charge is 2.28. The van der Waals surface area contributed by atoms with Crippen LogP contribution in [-0.4, -0.2) is 65.7 Å². The van der Waals surface area contributed by atoms with Gasteiger partial charge in [0.15, 0.2) is 9.84 Å². The van der Waals surface area contributed by atoms with Gasteiger partial charge in [-0.15, -0.1) is 0 Å². The molecule has 2 amide bonds. The van der Waals surface area contributed by atoms with Crippen LogP contribution in [0.5, 0.6) is 0 Å². The number of non-ortho nitro benzene ring substituents is 1. The molecule has 0 saturated carbocycles. The third-order valence-corrected chi connectivity index (χ3v) is 7.49. The summed E-state index contributed by atoms with van der Waals surface area (Å²) in [5.74, 6) is -1.77. The lowest BCUT2D eigenvalue weighted by Crippen LogP contribution is -2.49. The van der Waals surface area contributed by atoms with Crippen molar-refractivity contribution in [1.82, 2.24) is 9.47 Å². The number of nitrogens with one attached hydrogen (secondary N) is 1. The van der Waals surface area contributed by atoms with E-state index in [0.29, 0.717) is 24.0 Å². The van der Waals surface area contributed by atoms with Gasteiger partial charge >= 0.3 is 0 Å². The fraction of sp³-hybridized carbons (Fsp3) is 0.333. The van der Waals surface area contributed by atoms with Gasteiger partial charge in [0.1, 0.15) is 12.3 Å². The summed E-state index contributed by atoms with van der Waals surface area (Å²) in [4.78, 5) is 37.4. The average molecular weight is 515 g/mol. The van der Waals surface area contributed by atoms with Crippen LogP contribution < -0.4 is 5.32 Å². The van der Waals surface area contributed by atoms with Crippen LogP contribution in [0.25, 0.3) is 10.9 Å². The second-order valence-electron chi connectivity index (χ2n) is 8.81. The molecule has 1 aromatic heterocycles. The van der Waals surface area contributed by atoms with Gasteiger partial charge in [-0.1, -0.05) is 18.2 Å². The molecule has 2 unspecified atom stereocenters. The third-order valence-electron chi connectivity index (χ3n) is 5.85. The van der Waals surface area contributed by atoms with E-state index in [1.807, 2.05) is 13.8 Å². The Morgan fingerprint density at radius 3 is 2.36 bits per heavy atom. The summed E-state index contributed by atoms with van der Waals surface area (Å²) < 4.78 is 33.7. The van der Waals surface area contributed by atoms with Crippen molar-refractivity contribution in [2.24, 2.45) is 0 Å². The van der Waals surface area contributed by atoms with Crippen molar-refractivity contribution < 1.29 is 27.7 Å². The Morgan fingerprint density at radius 2 is 1.72 bits per heavy atom. The van der Waals surface area contributed by atoms with Crippen molar-refractivity contribution in [1.29, 1.82) is 0 Å². The zero-order chi connectivity index (χ0) is 26.0. The summed E-state index contributed by atoms with van der Waals surface area (Å²) >= 11 is 0. The minimum Gasteiger partial charge on any atom is -0.372 e. The highest BCUT2D eigenvalue weighted by atomic mass is 32.2. The second kappa shape index (κ2) is 10.1. The molecule has 0 spiro atoms. The molecule has 1 N–H and O–H groups in total. The molecule has 11 nitrogen and oxygen atoms in total. The number of nitrogens with zero attached hydrogens (tertiary/aromatic N) is 3. The van der Waals surface area contributed by atoms with Gasteiger partial charge in [0, 0.05) is 48.0 Å². The molecule has 190 valence electrons. The summed E-state index contributed by atoms with van der Waals surface area (Å²) in [7, 11) is -4.07. The van der Waals surface area contributed by atoms with Crippen LogP contribution in [0.15, 0.2) is 59.6 Å². The van der Waals surface area contributed by atoms with Crippen LogP contribution in [0.2, 0.25) is 0 Å². The van der Waals surface area contributed by atoms with Crippen molar-refractivity contribution in [2.75, 3.05) is 24.2 Å². The molecule has 0 radical (unpaired) electrons. The summed E-state index contributed by atoms with van der Waals surface area (Å²) in [6.07, 6.45) is 1.21. The maximum absolute atomic E-state index is 13.2. The number of ether oxygens (including phenoxy) is 1. The largest absolute Gasteiger partial charge is 0.372 e. The van der Waals surface area contributed by atoms with Gasteiger partial charge in [-0.25, -0.2) is 8.42 Å². The van der Waals surface area contributed by atoms with Crippen molar-refractivity contribution in [2.45, 2.75) is 37.5 Å². The number of anilines is 1. The lowest BCUT2D eigenvalue weighted by molar-refractivity contribution is -0.384. The van der Waals surface area contributed by atoms with Crippen molar-refractivity contribution in [3.05, 3.63) is 64.8 Å². The number of amides is 2. The van der Waals surface area contributed by atoms with Crippen LogP contribution in [-0.2, 0) is 30.7 Å². The number of benzene rings is 2. The minimum atomic E-state index is -4.07. The van der Waals surface area contributed by atoms with E-state index in [-0.39, 0.29) is 40.9 Å². The van der Waals surface area contributed by atoms with E-state index in [1.54, 1.807) is 33.7 Å². The van der Waals surface area contributed by atoms with E-state index >= 15 is 0 Å². The SMILES string of the molecule is CC1CN(C(=O)Cn2cc(S(=O)(=O)CC(=O)Nc3ccc([N+](=O)[O-])cc3)c3ccccc32)CC(C)O1. The third kappa shape index (κ3) is 5.55. The first-order valence-corrected chi connectivity index (χ1v) is 13.0. The van der Waals surface area contributed by atoms with Gasteiger partial charge in [-0.3, -0.25) is 19.7 Å². The zero-order valence-electron chi connectivity index (χ0n) is 19.8. The maximum atomic E-state index is 13.2. The van der Waals surface area contributed by atoms with E-state index in [4.69, 9.17) is 4.74 Å². The first-order chi connectivity index (χ1) is 17.0. The molecule has 0 aliphatic carbocycles. The number of nitro groups is 1. The van der Waals surface area contributed by atoms with Crippen molar-refractivity contribution in [3.8, 4) is 0 Å². The predicted molar refractivity (Wildman–Crippen MR) is 132 cm³/mol. The molecule has 4 rings (SSSR count). The molecule has 1 saturated heterocycles. The van der Waals surface area contributed by atoms with Gasteiger partial charge < -0.3 is 19.5 Å². The quantitative estimate of drug-likeness (QED) is 0.377. The second-order valence-corrected chi connectivity index (χ2v) is 10.8. The highest BCUT2D eigenvalue weighted by molar-refractivity contribution is 7.92. The fourth-order valence-corrected chi connectivity index (χ4v) is 5.70. The van der Waals surface area contributed by atoms with E-state index in [2.05, 4.69) is 5.32 Å². The summed E-state index contributed by atoms with van der Waals surface area (Å²) in [5.41, 5.74) is 0.654. The number of para-hydroxylation sites is 1. The van der Waals surface area contributed by atoms with Gasteiger partial charge in [-0.2, -0.15) is 0 Å². The van der Waals surface area contributed by atoms with E-state index < -0.39 is 26.4 Å². The average Bonchev–Trinajstić information content (AvgIpc) is 3.18. The molecule has 2 aromatic carbocycles. The predicted octanol–water partition coefficient (Wildman–Crippen LogP) is 2.60. The minimum absolute atomic E-state index is 0.0477. The van der Waals surface area contributed by atoms with Crippen LogP contribution in [0, 0.1) is 10.1 Å². The summed E-state index contributed by atoms with van der Waals surface area (Å²) in [6.45, 7) is 4.65. The number of aromatic nitrogens is 1. The molecule has 0 bridgehead atoms. The molecule has 1 fully saturated rings. The molecule has 12 heteroatoms. The topological polar surface area (TPSA) is 141 Å². The number of sulfone groups is 1. The molecular weight excluding hydrogens is 488 g/mol. The fourth-order valence-electron chi connectivity index (χ4n) is 4.33. The van der Waals surface area contributed by atoms with Crippen LogP contribution >= 0.6 is 0 Å². The molecule has 1 aliphatic heterocycles. The Kier molecular flexibility index (Phi) is 7.09. The number of carbonyl (C=O) groups is 2. The van der Waals surface area contributed by atoms with Crippen LogP contribution in [0.1, 0.15) is 13.8 Å². The first-order valence-electron chi connectivity index (χ1n) is 11.3. The Bertz CT molecular complexity index is 1410. The van der Waals surface area contributed by atoms with Gasteiger partial charge in [-0.05, 0) is 32.0 Å². The van der Waals surface area contributed by atoms with Crippen molar-refractivity contribution >= 4 is 43.9 Å².